The van der Waals surface area contributed by atoms with Gasteiger partial charge in [-0.3, -0.25) is 4.79 Å². The zero-order valence-corrected chi connectivity index (χ0v) is 10.5. The summed E-state index contributed by atoms with van der Waals surface area (Å²) >= 11 is 1.42. The molecule has 1 amide bonds. The molecule has 1 fully saturated rings. The molecule has 0 radical (unpaired) electrons. The van der Waals surface area contributed by atoms with Crippen LogP contribution in [0.2, 0.25) is 0 Å². The lowest BCUT2D eigenvalue weighted by Gasteiger charge is -2.26. The molecular formula is C11H18N4OS. The van der Waals surface area contributed by atoms with Crippen LogP contribution in [0.15, 0.2) is 5.38 Å². The third-order valence-corrected chi connectivity index (χ3v) is 3.94. The summed E-state index contributed by atoms with van der Waals surface area (Å²) in [6.45, 7) is 0.385. The van der Waals surface area contributed by atoms with E-state index in [-0.39, 0.29) is 11.9 Å². The van der Waals surface area contributed by atoms with Crippen LogP contribution in [0.25, 0.3) is 0 Å². The second kappa shape index (κ2) is 5.57. The van der Waals surface area contributed by atoms with Crippen LogP contribution in [0.4, 0.5) is 0 Å². The van der Waals surface area contributed by atoms with E-state index < -0.39 is 0 Å². The number of nitrogens with one attached hydrogen (secondary N) is 1. The van der Waals surface area contributed by atoms with Crippen LogP contribution in [-0.4, -0.2) is 23.0 Å². The van der Waals surface area contributed by atoms with Crippen LogP contribution in [0.3, 0.4) is 0 Å². The van der Waals surface area contributed by atoms with Crippen molar-refractivity contribution in [2.24, 2.45) is 11.5 Å². The van der Waals surface area contributed by atoms with E-state index in [0.717, 1.165) is 30.7 Å². The van der Waals surface area contributed by atoms with Gasteiger partial charge < -0.3 is 16.8 Å². The van der Waals surface area contributed by atoms with Crippen LogP contribution in [0.1, 0.15) is 41.2 Å². The minimum Gasteiger partial charge on any atom is -0.348 e. The Bertz CT molecular complexity index is 385. The lowest BCUT2D eigenvalue weighted by molar-refractivity contribution is 0.0921. The molecule has 0 bridgehead atoms. The molecule has 1 aliphatic rings. The molecule has 5 N–H and O–H groups in total. The number of amides is 1. The average molecular weight is 254 g/mol. The van der Waals surface area contributed by atoms with Crippen molar-refractivity contribution in [1.29, 1.82) is 0 Å². The molecule has 1 aliphatic carbocycles. The van der Waals surface area contributed by atoms with Gasteiger partial charge in [-0.15, -0.1) is 11.3 Å². The lowest BCUT2D eigenvalue weighted by atomic mass is 9.92. The number of thiazole rings is 1. The first kappa shape index (κ1) is 12.5. The van der Waals surface area contributed by atoms with E-state index in [1.807, 2.05) is 0 Å². The second-order valence-electron chi connectivity index (χ2n) is 4.42. The fourth-order valence-electron chi connectivity index (χ4n) is 2.03. The topological polar surface area (TPSA) is 94.0 Å². The van der Waals surface area contributed by atoms with E-state index in [0.29, 0.717) is 18.3 Å². The predicted octanol–water partition coefficient (Wildman–Crippen LogP) is 0.602. The maximum absolute atomic E-state index is 11.9. The van der Waals surface area contributed by atoms with Gasteiger partial charge in [-0.05, 0) is 25.7 Å². The van der Waals surface area contributed by atoms with Crippen molar-refractivity contribution in [3.05, 3.63) is 16.1 Å². The van der Waals surface area contributed by atoms with Crippen LogP contribution in [-0.2, 0) is 6.54 Å². The number of carbonyl (C=O) groups excluding carboxylic acids is 1. The van der Waals surface area contributed by atoms with Gasteiger partial charge in [-0.2, -0.15) is 0 Å². The molecule has 1 saturated carbocycles. The van der Waals surface area contributed by atoms with Crippen LogP contribution >= 0.6 is 11.3 Å². The first-order chi connectivity index (χ1) is 8.19. The molecular weight excluding hydrogens is 236 g/mol. The lowest BCUT2D eigenvalue weighted by Crippen LogP contribution is -2.40. The maximum atomic E-state index is 11.9. The minimum atomic E-state index is -0.0959. The van der Waals surface area contributed by atoms with Gasteiger partial charge in [0.05, 0.1) is 0 Å². The molecule has 0 spiro atoms. The van der Waals surface area contributed by atoms with E-state index in [1.165, 1.54) is 11.3 Å². The average Bonchev–Trinajstić information content (AvgIpc) is 2.81. The first-order valence-corrected chi connectivity index (χ1v) is 6.78. The highest BCUT2D eigenvalue weighted by molar-refractivity contribution is 7.09. The number of hydrogen-bond donors (Lipinski definition) is 3. The minimum absolute atomic E-state index is 0.0959. The Kier molecular flexibility index (Phi) is 4.09. The standard InChI is InChI=1S/C11H18N4OS/c12-5-10-15-9(6-17-10)11(16)14-8-3-1-7(13)2-4-8/h6-8H,1-5,12-13H2,(H,14,16). The third-order valence-electron chi connectivity index (χ3n) is 3.07. The van der Waals surface area contributed by atoms with Crippen molar-refractivity contribution in [2.45, 2.75) is 44.3 Å². The van der Waals surface area contributed by atoms with Gasteiger partial charge in [0.1, 0.15) is 10.7 Å². The van der Waals surface area contributed by atoms with Crippen molar-refractivity contribution >= 4 is 17.2 Å². The SMILES string of the molecule is NCc1nc(C(=O)NC2CCC(N)CC2)cs1. The summed E-state index contributed by atoms with van der Waals surface area (Å²) in [5.74, 6) is -0.0959. The van der Waals surface area contributed by atoms with Gasteiger partial charge in [0.15, 0.2) is 0 Å². The predicted molar refractivity (Wildman–Crippen MR) is 67.7 cm³/mol. The van der Waals surface area contributed by atoms with Crippen molar-refractivity contribution in [2.75, 3.05) is 0 Å². The number of rotatable bonds is 3. The number of carbonyl (C=O) groups is 1. The summed E-state index contributed by atoms with van der Waals surface area (Å²) in [5.41, 5.74) is 11.8. The Balaban J connectivity index is 1.88. The highest BCUT2D eigenvalue weighted by atomic mass is 32.1. The highest BCUT2D eigenvalue weighted by Crippen LogP contribution is 2.17. The summed E-state index contributed by atoms with van der Waals surface area (Å²) in [6, 6.07) is 0.539. The molecule has 0 aromatic carbocycles. The fourth-order valence-corrected chi connectivity index (χ4v) is 2.69. The molecule has 1 heterocycles. The van der Waals surface area contributed by atoms with E-state index in [9.17, 15) is 4.79 Å². The molecule has 0 aliphatic heterocycles. The molecule has 5 nitrogen and oxygen atoms in total. The van der Waals surface area contributed by atoms with Crippen molar-refractivity contribution < 1.29 is 4.79 Å². The highest BCUT2D eigenvalue weighted by Gasteiger charge is 2.21. The molecule has 17 heavy (non-hydrogen) atoms. The van der Waals surface area contributed by atoms with Crippen molar-refractivity contribution in [3.63, 3.8) is 0 Å². The Hall–Kier alpha value is -0.980. The summed E-state index contributed by atoms with van der Waals surface area (Å²) in [7, 11) is 0. The maximum Gasteiger partial charge on any atom is 0.270 e. The Morgan fingerprint density at radius 3 is 2.76 bits per heavy atom. The smallest absolute Gasteiger partial charge is 0.270 e. The van der Waals surface area contributed by atoms with Gasteiger partial charge in [-0.1, -0.05) is 0 Å². The Morgan fingerprint density at radius 1 is 1.47 bits per heavy atom. The van der Waals surface area contributed by atoms with Gasteiger partial charge in [-0.25, -0.2) is 4.98 Å². The summed E-state index contributed by atoms with van der Waals surface area (Å²) in [5, 5.41) is 5.55. The number of nitrogens with two attached hydrogens (primary N) is 2. The third kappa shape index (κ3) is 3.24. The zero-order chi connectivity index (χ0) is 12.3. The van der Waals surface area contributed by atoms with Gasteiger partial charge in [0.2, 0.25) is 0 Å². The molecule has 1 aromatic heterocycles. The molecule has 1 aromatic rings. The number of hydrogen-bond acceptors (Lipinski definition) is 5. The Labute approximate surface area is 105 Å². The van der Waals surface area contributed by atoms with Crippen LogP contribution < -0.4 is 16.8 Å². The van der Waals surface area contributed by atoms with Crippen LogP contribution in [0, 0.1) is 0 Å². The van der Waals surface area contributed by atoms with E-state index in [1.54, 1.807) is 5.38 Å². The van der Waals surface area contributed by atoms with Gasteiger partial charge >= 0.3 is 0 Å². The van der Waals surface area contributed by atoms with Crippen molar-refractivity contribution in [3.8, 4) is 0 Å². The van der Waals surface area contributed by atoms with Crippen molar-refractivity contribution in [1.82, 2.24) is 10.3 Å². The first-order valence-electron chi connectivity index (χ1n) is 5.90. The quantitative estimate of drug-likeness (QED) is 0.736. The summed E-state index contributed by atoms with van der Waals surface area (Å²) < 4.78 is 0. The summed E-state index contributed by atoms with van der Waals surface area (Å²) in [6.07, 6.45) is 3.88. The molecule has 0 unspecified atom stereocenters. The molecule has 94 valence electrons. The number of nitrogens with zero attached hydrogens (tertiary/aromatic N) is 1. The normalized spacial score (nSPS) is 24.6. The van der Waals surface area contributed by atoms with E-state index in [4.69, 9.17) is 11.5 Å². The largest absolute Gasteiger partial charge is 0.348 e. The summed E-state index contributed by atoms with van der Waals surface area (Å²) in [4.78, 5) is 16.1. The zero-order valence-electron chi connectivity index (χ0n) is 9.69. The van der Waals surface area contributed by atoms with Gasteiger partial charge in [0, 0.05) is 24.0 Å². The molecule has 6 heteroatoms. The fraction of sp³-hybridized carbons (Fsp3) is 0.636. The molecule has 0 atom stereocenters. The van der Waals surface area contributed by atoms with E-state index in [2.05, 4.69) is 10.3 Å². The molecule has 0 saturated heterocycles. The van der Waals surface area contributed by atoms with Gasteiger partial charge in [0.25, 0.3) is 5.91 Å². The second-order valence-corrected chi connectivity index (χ2v) is 5.36. The van der Waals surface area contributed by atoms with E-state index >= 15 is 0 Å². The Morgan fingerprint density at radius 2 is 2.18 bits per heavy atom. The molecule has 2 rings (SSSR count). The monoisotopic (exact) mass is 254 g/mol. The number of aromatic nitrogens is 1. The van der Waals surface area contributed by atoms with Crippen LogP contribution in [0.5, 0.6) is 0 Å².